The van der Waals surface area contributed by atoms with Gasteiger partial charge in [0.2, 0.25) is 0 Å². The van der Waals surface area contributed by atoms with Crippen molar-refractivity contribution in [3.8, 4) is 0 Å². The van der Waals surface area contributed by atoms with Gasteiger partial charge in [-0.2, -0.15) is 0 Å². The first-order valence-electron chi connectivity index (χ1n) is 4.09. The molecule has 9 nitrogen and oxygen atoms in total. The van der Waals surface area contributed by atoms with Crippen molar-refractivity contribution in [2.24, 2.45) is 0 Å². The number of aliphatic hydroxyl groups excluding tert-OH is 3. The Labute approximate surface area is 91.5 Å². The SMILES string of the molecule is O=C(O)CNCP(=O)(O)O.OCC(O)CO. The van der Waals surface area contributed by atoms with Crippen LogP contribution in [0, 0.1) is 0 Å². The highest BCUT2D eigenvalue weighted by atomic mass is 31.2. The monoisotopic (exact) mass is 261 g/mol. The van der Waals surface area contributed by atoms with Gasteiger partial charge in [-0.3, -0.25) is 14.7 Å². The molecule has 0 aliphatic carbocycles. The van der Waals surface area contributed by atoms with Gasteiger partial charge < -0.3 is 30.2 Å². The Kier molecular flexibility index (Phi) is 10.8. The summed E-state index contributed by atoms with van der Waals surface area (Å²) in [6.07, 6.45) is -1.55. The molecule has 16 heavy (non-hydrogen) atoms. The number of hydrogen-bond donors (Lipinski definition) is 7. The lowest BCUT2D eigenvalue weighted by molar-refractivity contribution is -0.135. The van der Waals surface area contributed by atoms with Crippen LogP contribution in [0.4, 0.5) is 0 Å². The summed E-state index contributed by atoms with van der Waals surface area (Å²) in [6.45, 7) is -1.17. The molecule has 0 saturated heterocycles. The number of carboxylic acid groups (broad SMARTS) is 1. The summed E-state index contributed by atoms with van der Waals surface area (Å²) >= 11 is 0. The van der Waals surface area contributed by atoms with E-state index in [2.05, 4.69) is 5.32 Å². The summed E-state index contributed by atoms with van der Waals surface area (Å²) in [4.78, 5) is 26.1. The fourth-order valence-corrected chi connectivity index (χ4v) is 0.769. The summed E-state index contributed by atoms with van der Waals surface area (Å²) in [5.74, 6) is -1.14. The topological polar surface area (TPSA) is 168 Å². The molecule has 0 aromatic rings. The van der Waals surface area contributed by atoms with Crippen LogP contribution in [0.15, 0.2) is 0 Å². The van der Waals surface area contributed by atoms with Crippen molar-refractivity contribution in [2.75, 3.05) is 26.0 Å². The van der Waals surface area contributed by atoms with Gasteiger partial charge in [0.15, 0.2) is 0 Å². The molecule has 0 radical (unpaired) electrons. The minimum atomic E-state index is -4.10. The third-order valence-corrected chi connectivity index (χ3v) is 1.65. The maximum Gasteiger partial charge on any atom is 0.339 e. The largest absolute Gasteiger partial charge is 0.480 e. The van der Waals surface area contributed by atoms with Crippen molar-refractivity contribution in [1.82, 2.24) is 5.32 Å². The van der Waals surface area contributed by atoms with Gasteiger partial charge in [0.25, 0.3) is 0 Å². The first kappa shape index (κ1) is 17.8. The third-order valence-electron chi connectivity index (χ3n) is 1.02. The Bertz CT molecular complexity index is 225. The molecular formula is C6H16NO8P. The van der Waals surface area contributed by atoms with Crippen molar-refractivity contribution >= 4 is 13.6 Å². The summed E-state index contributed by atoms with van der Waals surface area (Å²) in [5.41, 5.74) is 0. The molecule has 0 saturated carbocycles. The second kappa shape index (κ2) is 9.67. The fourth-order valence-electron chi connectivity index (χ4n) is 0.366. The second-order valence-corrected chi connectivity index (χ2v) is 4.31. The Hall–Kier alpha value is -0.540. The molecule has 0 aliphatic heterocycles. The lowest BCUT2D eigenvalue weighted by Crippen LogP contribution is -2.23. The van der Waals surface area contributed by atoms with Crippen molar-refractivity contribution in [1.29, 1.82) is 0 Å². The molecule has 0 aromatic carbocycles. The summed E-state index contributed by atoms with van der Waals surface area (Å²) in [5, 5.41) is 34.1. The Morgan fingerprint density at radius 3 is 1.88 bits per heavy atom. The van der Waals surface area contributed by atoms with Gasteiger partial charge in [-0.1, -0.05) is 0 Å². The van der Waals surface area contributed by atoms with Crippen LogP contribution in [0.25, 0.3) is 0 Å². The van der Waals surface area contributed by atoms with E-state index in [0.29, 0.717) is 0 Å². The number of aliphatic carboxylic acids is 1. The van der Waals surface area contributed by atoms with Crippen LogP contribution >= 0.6 is 7.60 Å². The van der Waals surface area contributed by atoms with Gasteiger partial charge in [0.1, 0.15) is 6.10 Å². The molecule has 0 amide bonds. The number of carboxylic acids is 1. The molecule has 0 rings (SSSR count). The highest BCUT2D eigenvalue weighted by Gasteiger charge is 2.11. The molecular weight excluding hydrogens is 245 g/mol. The average molecular weight is 261 g/mol. The number of aliphatic hydroxyl groups is 3. The maximum atomic E-state index is 10.1. The van der Waals surface area contributed by atoms with Crippen molar-refractivity contribution in [3.63, 3.8) is 0 Å². The van der Waals surface area contributed by atoms with Gasteiger partial charge >= 0.3 is 13.6 Å². The Morgan fingerprint density at radius 1 is 1.25 bits per heavy atom. The van der Waals surface area contributed by atoms with Crippen LogP contribution in [0.1, 0.15) is 0 Å². The van der Waals surface area contributed by atoms with Crippen molar-refractivity contribution in [3.05, 3.63) is 0 Å². The van der Waals surface area contributed by atoms with Crippen LogP contribution in [0.2, 0.25) is 0 Å². The van der Waals surface area contributed by atoms with Gasteiger partial charge in [-0.05, 0) is 0 Å². The molecule has 0 fully saturated rings. The number of carbonyl (C=O) groups is 1. The van der Waals surface area contributed by atoms with E-state index in [0.717, 1.165) is 0 Å². The molecule has 7 N–H and O–H groups in total. The fraction of sp³-hybridized carbons (Fsp3) is 0.833. The number of nitrogens with one attached hydrogen (secondary N) is 1. The van der Waals surface area contributed by atoms with Crippen molar-refractivity contribution in [2.45, 2.75) is 6.10 Å². The van der Waals surface area contributed by atoms with Gasteiger partial charge in [-0.25, -0.2) is 0 Å². The summed E-state index contributed by atoms with van der Waals surface area (Å²) in [6, 6.07) is 0. The molecule has 0 atom stereocenters. The third kappa shape index (κ3) is 19.1. The molecule has 0 unspecified atom stereocenters. The maximum absolute atomic E-state index is 10.1. The molecule has 0 aromatic heterocycles. The van der Waals surface area contributed by atoms with E-state index >= 15 is 0 Å². The van der Waals surface area contributed by atoms with E-state index in [1.807, 2.05) is 0 Å². The van der Waals surface area contributed by atoms with E-state index < -0.39 is 32.5 Å². The first-order valence-corrected chi connectivity index (χ1v) is 5.89. The number of hydrogen-bond acceptors (Lipinski definition) is 6. The zero-order valence-corrected chi connectivity index (χ0v) is 9.25. The quantitative estimate of drug-likeness (QED) is 0.248. The number of rotatable bonds is 6. The smallest absolute Gasteiger partial charge is 0.339 e. The van der Waals surface area contributed by atoms with Crippen LogP contribution in [0.5, 0.6) is 0 Å². The lowest BCUT2D eigenvalue weighted by Gasteiger charge is -2.02. The van der Waals surface area contributed by atoms with Crippen LogP contribution in [0.3, 0.4) is 0 Å². The van der Waals surface area contributed by atoms with Gasteiger partial charge in [0.05, 0.1) is 26.0 Å². The minimum Gasteiger partial charge on any atom is -0.480 e. The summed E-state index contributed by atoms with van der Waals surface area (Å²) < 4.78 is 10.1. The molecule has 0 heterocycles. The lowest BCUT2D eigenvalue weighted by atomic mass is 10.4. The highest BCUT2D eigenvalue weighted by molar-refractivity contribution is 7.51. The Balaban J connectivity index is 0. The predicted octanol–water partition coefficient (Wildman–Crippen LogP) is -2.87. The zero-order chi connectivity index (χ0) is 13.2. The van der Waals surface area contributed by atoms with Crippen molar-refractivity contribution < 1.29 is 39.6 Å². The van der Waals surface area contributed by atoms with E-state index in [1.54, 1.807) is 0 Å². The standard InChI is InChI=1S/C3H8NO5P.C3H8O3/c5-3(6)1-4-2-10(7,8)9;4-1-3(6)2-5/h4H,1-2H2,(H,5,6)(H2,7,8,9);3-6H,1-2H2. The zero-order valence-electron chi connectivity index (χ0n) is 8.35. The van der Waals surface area contributed by atoms with Crippen LogP contribution < -0.4 is 5.32 Å². The van der Waals surface area contributed by atoms with E-state index in [-0.39, 0.29) is 13.2 Å². The van der Waals surface area contributed by atoms with Gasteiger partial charge in [0, 0.05) is 0 Å². The van der Waals surface area contributed by atoms with Crippen LogP contribution in [-0.4, -0.2) is 68.3 Å². The molecule has 0 aliphatic rings. The highest BCUT2D eigenvalue weighted by Crippen LogP contribution is 2.31. The first-order chi connectivity index (χ1) is 7.22. The average Bonchev–Trinajstić information content (AvgIpc) is 2.15. The molecule has 0 spiro atoms. The second-order valence-electron chi connectivity index (χ2n) is 2.66. The van der Waals surface area contributed by atoms with E-state index in [1.165, 1.54) is 0 Å². The molecule has 98 valence electrons. The van der Waals surface area contributed by atoms with Gasteiger partial charge in [-0.15, -0.1) is 0 Å². The molecule has 10 heteroatoms. The minimum absolute atomic E-state index is 0.365. The van der Waals surface area contributed by atoms with Crippen LogP contribution in [-0.2, 0) is 9.36 Å². The normalized spacial score (nSPS) is 10.9. The van der Waals surface area contributed by atoms with E-state index in [4.69, 9.17) is 30.2 Å². The Morgan fingerprint density at radius 2 is 1.69 bits per heavy atom. The summed E-state index contributed by atoms with van der Waals surface area (Å²) in [7, 11) is -4.10. The molecule has 0 bridgehead atoms. The van der Waals surface area contributed by atoms with E-state index in [9.17, 15) is 9.36 Å². The predicted molar refractivity (Wildman–Crippen MR) is 52.7 cm³/mol.